The van der Waals surface area contributed by atoms with Crippen molar-refractivity contribution in [2.24, 2.45) is 0 Å². The molecule has 1 aliphatic carbocycles. The topological polar surface area (TPSA) is 47.9 Å². The van der Waals surface area contributed by atoms with E-state index in [0.29, 0.717) is 17.5 Å². The third kappa shape index (κ3) is 4.72. The van der Waals surface area contributed by atoms with E-state index >= 15 is 0 Å². The molecule has 230 valence electrons. The van der Waals surface area contributed by atoms with Gasteiger partial charge in [-0.2, -0.15) is 0 Å². The number of nitrogens with zero attached hydrogens (tertiary/aromatic N) is 3. The molecule has 4 heteroatoms. The van der Waals surface area contributed by atoms with Crippen molar-refractivity contribution in [2.75, 3.05) is 0 Å². The van der Waals surface area contributed by atoms with Crippen LogP contribution >= 0.6 is 0 Å². The highest BCUT2D eigenvalue weighted by atomic mass is 16.5. The zero-order chi connectivity index (χ0) is 32.3. The Kier molecular flexibility index (Phi) is 6.28. The predicted octanol–water partition coefficient (Wildman–Crippen LogP) is 10.8. The van der Waals surface area contributed by atoms with Gasteiger partial charge in [-0.3, -0.25) is 0 Å². The van der Waals surface area contributed by atoms with Gasteiger partial charge >= 0.3 is 0 Å². The van der Waals surface area contributed by atoms with Gasteiger partial charge in [0.2, 0.25) is 0 Å². The van der Waals surface area contributed by atoms with Gasteiger partial charge in [-0.1, -0.05) is 133 Å². The number of fused-ring (bicyclic) bond motifs is 7. The van der Waals surface area contributed by atoms with Crippen molar-refractivity contribution in [1.29, 1.82) is 0 Å². The van der Waals surface area contributed by atoms with Crippen molar-refractivity contribution in [2.45, 2.75) is 12.0 Å². The van der Waals surface area contributed by atoms with Crippen LogP contribution in [0.15, 0.2) is 164 Å². The van der Waals surface area contributed by atoms with Crippen molar-refractivity contribution in [3.63, 3.8) is 0 Å². The maximum absolute atomic E-state index is 6.32. The summed E-state index contributed by atoms with van der Waals surface area (Å²) in [5, 5.41) is 7.10. The maximum atomic E-state index is 6.32. The highest BCUT2D eigenvalue weighted by Crippen LogP contribution is 2.48. The molecule has 4 nitrogen and oxygen atoms in total. The Hall–Kier alpha value is -6.39. The van der Waals surface area contributed by atoms with Gasteiger partial charge in [-0.15, -0.1) is 0 Å². The lowest BCUT2D eigenvalue weighted by molar-refractivity contribution is 0.271. The second-order valence-corrected chi connectivity index (χ2v) is 12.8. The van der Waals surface area contributed by atoms with Crippen LogP contribution in [0.4, 0.5) is 0 Å². The minimum absolute atomic E-state index is 0.00701. The molecule has 0 amide bonds. The molecule has 0 radical (unpaired) electrons. The van der Waals surface area contributed by atoms with Crippen LogP contribution in [-0.4, -0.2) is 21.1 Å². The molecular formula is C45H29N3O. The normalized spacial score (nSPS) is 16.4. The second-order valence-electron chi connectivity index (χ2n) is 12.8. The summed E-state index contributed by atoms with van der Waals surface area (Å²) in [6.07, 6.45) is 6.52. The predicted molar refractivity (Wildman–Crippen MR) is 199 cm³/mol. The molecule has 2 heterocycles. The lowest BCUT2D eigenvalue weighted by Crippen LogP contribution is -2.19. The van der Waals surface area contributed by atoms with Gasteiger partial charge in [0, 0.05) is 22.3 Å². The van der Waals surface area contributed by atoms with E-state index in [-0.39, 0.29) is 12.0 Å². The average molecular weight is 628 g/mol. The Morgan fingerprint density at radius 1 is 0.449 bits per heavy atom. The third-order valence-electron chi connectivity index (χ3n) is 9.86. The molecule has 1 aliphatic heterocycles. The maximum Gasteiger partial charge on any atom is 0.164 e. The number of hydrogen-bond donors (Lipinski definition) is 0. The molecule has 49 heavy (non-hydrogen) atoms. The zero-order valence-corrected chi connectivity index (χ0v) is 26.5. The van der Waals surface area contributed by atoms with Crippen LogP contribution in [0.3, 0.4) is 0 Å². The van der Waals surface area contributed by atoms with Crippen molar-refractivity contribution in [3.8, 4) is 39.9 Å². The lowest BCUT2D eigenvalue weighted by atomic mass is 9.81. The smallest absolute Gasteiger partial charge is 0.164 e. The van der Waals surface area contributed by atoms with Gasteiger partial charge in [-0.05, 0) is 73.8 Å². The van der Waals surface area contributed by atoms with E-state index < -0.39 is 0 Å². The van der Waals surface area contributed by atoms with Crippen LogP contribution in [0, 0.1) is 0 Å². The van der Waals surface area contributed by atoms with Crippen LogP contribution in [0.5, 0.6) is 5.75 Å². The van der Waals surface area contributed by atoms with E-state index in [4.69, 9.17) is 19.7 Å². The van der Waals surface area contributed by atoms with E-state index in [1.165, 1.54) is 38.2 Å². The first-order valence-corrected chi connectivity index (χ1v) is 16.7. The van der Waals surface area contributed by atoms with Gasteiger partial charge in [-0.25, -0.2) is 15.0 Å². The molecule has 0 N–H and O–H groups in total. The van der Waals surface area contributed by atoms with Crippen LogP contribution in [0.1, 0.15) is 17.0 Å². The molecule has 8 aromatic rings. The number of benzene rings is 7. The molecule has 7 aromatic carbocycles. The summed E-state index contributed by atoms with van der Waals surface area (Å²) < 4.78 is 6.32. The fourth-order valence-corrected chi connectivity index (χ4v) is 7.44. The van der Waals surface area contributed by atoms with E-state index in [2.05, 4.69) is 127 Å². The summed E-state index contributed by atoms with van der Waals surface area (Å²) in [5.41, 5.74) is 6.55. The van der Waals surface area contributed by atoms with Crippen molar-refractivity contribution >= 4 is 37.9 Å². The molecule has 1 aromatic heterocycles. The standard InChI is InChI=1S/C45H29N3O/c1-2-10-31(11-3-1)43-46-44(48-45(47-43)34-24-21-30-20-19-29-9-4-5-12-36(29)39(30)27-34)33-23-18-28-17-22-32(25-35(28)26-33)37-14-8-16-41-42(37)38-13-6-7-15-40(38)49-41/h1-27,41-42H. The number of rotatable bonds is 4. The number of allylic oxidation sites excluding steroid dienone is 2. The van der Waals surface area contributed by atoms with Crippen molar-refractivity contribution in [1.82, 2.24) is 15.0 Å². The first-order valence-electron chi connectivity index (χ1n) is 16.7. The minimum Gasteiger partial charge on any atom is -0.485 e. The van der Waals surface area contributed by atoms with Gasteiger partial charge in [0.25, 0.3) is 0 Å². The fraction of sp³-hybridized carbons (Fsp3) is 0.0444. The fourth-order valence-electron chi connectivity index (χ4n) is 7.44. The summed E-state index contributed by atoms with van der Waals surface area (Å²) in [6.45, 7) is 0. The summed E-state index contributed by atoms with van der Waals surface area (Å²) in [6, 6.07) is 51.1. The highest BCUT2D eigenvalue weighted by Gasteiger charge is 2.36. The monoisotopic (exact) mass is 627 g/mol. The Bertz CT molecular complexity index is 2660. The van der Waals surface area contributed by atoms with Crippen LogP contribution in [-0.2, 0) is 0 Å². The Morgan fingerprint density at radius 2 is 1.06 bits per heavy atom. The zero-order valence-electron chi connectivity index (χ0n) is 26.5. The van der Waals surface area contributed by atoms with Crippen LogP contribution < -0.4 is 4.74 Å². The quantitative estimate of drug-likeness (QED) is 0.182. The largest absolute Gasteiger partial charge is 0.485 e. The van der Waals surface area contributed by atoms with Gasteiger partial charge in [0.1, 0.15) is 11.9 Å². The molecule has 2 atom stereocenters. The van der Waals surface area contributed by atoms with Gasteiger partial charge in [0.05, 0.1) is 5.92 Å². The van der Waals surface area contributed by atoms with E-state index in [1.54, 1.807) is 0 Å². The van der Waals surface area contributed by atoms with Gasteiger partial charge in [0.15, 0.2) is 17.5 Å². The molecule has 0 spiro atoms. The summed E-state index contributed by atoms with van der Waals surface area (Å²) in [7, 11) is 0. The molecular weight excluding hydrogens is 599 g/mol. The molecule has 0 saturated carbocycles. The SMILES string of the molecule is C1=CC2Oc3ccccc3C2C(c2ccc3ccc(-c4nc(-c5ccccc5)nc(-c5ccc6ccc7ccccc7c6c5)n4)cc3c2)=C1. The van der Waals surface area contributed by atoms with E-state index in [0.717, 1.165) is 33.2 Å². The summed E-state index contributed by atoms with van der Waals surface area (Å²) >= 11 is 0. The van der Waals surface area contributed by atoms with Crippen molar-refractivity contribution < 1.29 is 4.74 Å². The lowest BCUT2D eigenvalue weighted by Gasteiger charge is -2.23. The molecule has 10 rings (SSSR count). The minimum atomic E-state index is 0.00701. The number of para-hydroxylation sites is 1. The van der Waals surface area contributed by atoms with Crippen molar-refractivity contribution in [3.05, 3.63) is 175 Å². The Morgan fingerprint density at radius 3 is 1.90 bits per heavy atom. The molecule has 2 unspecified atom stereocenters. The van der Waals surface area contributed by atoms with Crippen LogP contribution in [0.25, 0.3) is 72.1 Å². The number of hydrogen-bond acceptors (Lipinski definition) is 4. The molecule has 2 aliphatic rings. The number of aromatic nitrogens is 3. The Balaban J connectivity index is 1.10. The Labute approximate surface area is 283 Å². The molecule has 0 bridgehead atoms. The molecule has 0 fully saturated rings. The number of ether oxygens (including phenoxy) is 1. The highest BCUT2D eigenvalue weighted by molar-refractivity contribution is 6.08. The average Bonchev–Trinajstić information content (AvgIpc) is 3.56. The summed E-state index contributed by atoms with van der Waals surface area (Å²) in [4.78, 5) is 15.2. The third-order valence-corrected chi connectivity index (χ3v) is 9.86. The second kappa shape index (κ2) is 11.1. The first kappa shape index (κ1) is 27.7. The van der Waals surface area contributed by atoms with E-state index in [9.17, 15) is 0 Å². The first-order chi connectivity index (χ1) is 24.2. The van der Waals surface area contributed by atoms with Gasteiger partial charge < -0.3 is 4.74 Å². The molecule has 0 saturated heterocycles. The van der Waals surface area contributed by atoms with E-state index in [1.807, 2.05) is 36.4 Å². The summed E-state index contributed by atoms with van der Waals surface area (Å²) in [5.74, 6) is 3.08. The van der Waals surface area contributed by atoms with Crippen LogP contribution in [0.2, 0.25) is 0 Å².